The van der Waals surface area contributed by atoms with Crippen LogP contribution in [0.25, 0.3) is 0 Å². The van der Waals surface area contributed by atoms with Crippen molar-refractivity contribution in [3.63, 3.8) is 0 Å². The third-order valence-corrected chi connectivity index (χ3v) is 3.09. The Hall–Kier alpha value is -2.24. The summed E-state index contributed by atoms with van der Waals surface area (Å²) in [5.41, 5.74) is 1.21. The van der Waals surface area contributed by atoms with E-state index in [1.54, 1.807) is 0 Å². The number of hydrogen-bond acceptors (Lipinski definition) is 3. The fraction of sp³-hybridized carbons (Fsp3) is 0.556. The van der Waals surface area contributed by atoms with Crippen LogP contribution in [0.15, 0.2) is 29.3 Å². The van der Waals surface area contributed by atoms with E-state index in [0.717, 1.165) is 12.3 Å². The largest absolute Gasteiger partial charge is 0.492 e. The van der Waals surface area contributed by atoms with Crippen molar-refractivity contribution in [2.24, 2.45) is 4.99 Å². The molecule has 134 valence electrons. The van der Waals surface area contributed by atoms with Crippen LogP contribution < -0.4 is 20.7 Å². The van der Waals surface area contributed by atoms with Crippen molar-refractivity contribution in [2.75, 3.05) is 26.2 Å². The van der Waals surface area contributed by atoms with Gasteiger partial charge in [-0.1, -0.05) is 17.7 Å². The average Bonchev–Trinajstić information content (AvgIpc) is 2.52. The molecule has 6 nitrogen and oxygen atoms in total. The molecule has 1 amide bonds. The normalized spacial score (nSPS) is 11.3. The summed E-state index contributed by atoms with van der Waals surface area (Å²) in [5, 5.41) is 9.21. The van der Waals surface area contributed by atoms with Crippen LogP contribution in [-0.2, 0) is 4.79 Å². The quantitative estimate of drug-likeness (QED) is 0.366. The topological polar surface area (TPSA) is 74.8 Å². The molecule has 3 N–H and O–H groups in total. The van der Waals surface area contributed by atoms with Crippen LogP contribution >= 0.6 is 0 Å². The molecular formula is C18H30N4O2. The Bertz CT molecular complexity index is 512. The maximum absolute atomic E-state index is 11.6. The summed E-state index contributed by atoms with van der Waals surface area (Å²) in [6.45, 7) is 10.3. The molecule has 0 fully saturated rings. The minimum Gasteiger partial charge on any atom is -0.492 e. The van der Waals surface area contributed by atoms with Crippen LogP contribution in [0.3, 0.4) is 0 Å². The fourth-order valence-corrected chi connectivity index (χ4v) is 1.98. The molecule has 6 heteroatoms. The van der Waals surface area contributed by atoms with E-state index in [0.29, 0.717) is 32.1 Å². The number of benzene rings is 1. The van der Waals surface area contributed by atoms with Crippen LogP contribution in [0.1, 0.15) is 32.8 Å². The zero-order chi connectivity index (χ0) is 17.8. The summed E-state index contributed by atoms with van der Waals surface area (Å²) >= 11 is 0. The molecule has 1 aromatic rings. The van der Waals surface area contributed by atoms with Gasteiger partial charge in [0.15, 0.2) is 5.96 Å². The highest BCUT2D eigenvalue weighted by molar-refractivity contribution is 5.80. The summed E-state index contributed by atoms with van der Waals surface area (Å²) in [5.74, 6) is 1.57. The maximum Gasteiger partial charge on any atom is 0.222 e. The standard InChI is InChI=1S/C18H30N4O2/c1-5-19-18(20-11-10-17(23)22-14(2)3)21-12-13-24-16-8-6-15(4)7-9-16/h6-9,14H,5,10-13H2,1-4H3,(H,22,23)(H2,19,20,21). The lowest BCUT2D eigenvalue weighted by molar-refractivity contribution is -0.121. The van der Waals surface area contributed by atoms with Crippen molar-refractivity contribution in [1.29, 1.82) is 0 Å². The highest BCUT2D eigenvalue weighted by Crippen LogP contribution is 2.10. The summed E-state index contributed by atoms with van der Waals surface area (Å²) in [7, 11) is 0. The lowest BCUT2D eigenvalue weighted by atomic mass is 10.2. The number of nitrogens with zero attached hydrogens (tertiary/aromatic N) is 1. The second-order valence-electron chi connectivity index (χ2n) is 5.82. The molecular weight excluding hydrogens is 304 g/mol. The van der Waals surface area contributed by atoms with Gasteiger partial charge >= 0.3 is 0 Å². The molecule has 0 aliphatic heterocycles. The third-order valence-electron chi connectivity index (χ3n) is 3.09. The van der Waals surface area contributed by atoms with Crippen molar-refractivity contribution < 1.29 is 9.53 Å². The summed E-state index contributed by atoms with van der Waals surface area (Å²) in [6.07, 6.45) is 0.384. The van der Waals surface area contributed by atoms with Gasteiger partial charge in [0.1, 0.15) is 12.4 Å². The zero-order valence-corrected chi connectivity index (χ0v) is 15.2. The second kappa shape index (κ2) is 11.3. The first-order valence-corrected chi connectivity index (χ1v) is 8.52. The molecule has 0 unspecified atom stereocenters. The van der Waals surface area contributed by atoms with E-state index >= 15 is 0 Å². The summed E-state index contributed by atoms with van der Waals surface area (Å²) in [6, 6.07) is 8.13. The number of hydrogen-bond donors (Lipinski definition) is 3. The monoisotopic (exact) mass is 334 g/mol. The molecule has 1 rings (SSSR count). The van der Waals surface area contributed by atoms with Crippen LogP contribution in [0.4, 0.5) is 0 Å². The van der Waals surface area contributed by atoms with Crippen LogP contribution in [0.2, 0.25) is 0 Å². The van der Waals surface area contributed by atoms with Crippen molar-refractivity contribution in [3.8, 4) is 5.75 Å². The Morgan fingerprint density at radius 3 is 2.54 bits per heavy atom. The van der Waals surface area contributed by atoms with Gasteiger partial charge in [-0.15, -0.1) is 0 Å². The molecule has 0 saturated heterocycles. The number of nitrogens with one attached hydrogen (secondary N) is 3. The van der Waals surface area contributed by atoms with E-state index in [1.807, 2.05) is 52.0 Å². The second-order valence-corrected chi connectivity index (χ2v) is 5.82. The molecule has 24 heavy (non-hydrogen) atoms. The van der Waals surface area contributed by atoms with Gasteiger partial charge in [-0.25, -0.2) is 0 Å². The van der Waals surface area contributed by atoms with E-state index in [2.05, 4.69) is 20.9 Å². The SMILES string of the molecule is CCNC(=NCCC(=O)NC(C)C)NCCOc1ccc(C)cc1. The molecule has 0 aromatic heterocycles. The first-order chi connectivity index (χ1) is 11.5. The molecule has 0 saturated carbocycles. The van der Waals surface area contributed by atoms with E-state index in [9.17, 15) is 4.79 Å². The molecule has 1 aromatic carbocycles. The van der Waals surface area contributed by atoms with E-state index < -0.39 is 0 Å². The van der Waals surface area contributed by atoms with E-state index in [1.165, 1.54) is 5.56 Å². The Kier molecular flexibility index (Phi) is 9.34. The van der Waals surface area contributed by atoms with Gasteiger partial charge in [-0.2, -0.15) is 0 Å². The molecule has 0 bridgehead atoms. The minimum atomic E-state index is 0.0207. The van der Waals surface area contributed by atoms with Crippen molar-refractivity contribution in [2.45, 2.75) is 40.2 Å². The van der Waals surface area contributed by atoms with Crippen LogP contribution in [0, 0.1) is 6.92 Å². The van der Waals surface area contributed by atoms with Gasteiger partial charge in [0.25, 0.3) is 0 Å². The first kappa shape index (κ1) is 19.8. The molecule has 0 radical (unpaired) electrons. The Balaban J connectivity index is 2.30. The molecule has 0 aliphatic rings. The van der Waals surface area contributed by atoms with E-state index in [4.69, 9.17) is 4.74 Å². The van der Waals surface area contributed by atoms with Gasteiger partial charge in [0.05, 0.1) is 13.1 Å². The van der Waals surface area contributed by atoms with Gasteiger partial charge in [0, 0.05) is 19.0 Å². The molecule has 0 heterocycles. The van der Waals surface area contributed by atoms with Crippen LogP contribution in [-0.4, -0.2) is 44.1 Å². The number of rotatable bonds is 9. The Morgan fingerprint density at radius 2 is 1.92 bits per heavy atom. The number of carbonyl (C=O) groups is 1. The van der Waals surface area contributed by atoms with Crippen molar-refractivity contribution in [1.82, 2.24) is 16.0 Å². The predicted octanol–water partition coefficient (Wildman–Crippen LogP) is 1.84. The van der Waals surface area contributed by atoms with Gasteiger partial charge in [-0.05, 0) is 39.8 Å². The van der Waals surface area contributed by atoms with Gasteiger partial charge in [0.2, 0.25) is 5.91 Å². The first-order valence-electron chi connectivity index (χ1n) is 8.52. The highest BCUT2D eigenvalue weighted by atomic mass is 16.5. The predicted molar refractivity (Wildman–Crippen MR) is 98.6 cm³/mol. The number of aryl methyl sites for hydroxylation is 1. The summed E-state index contributed by atoms with van der Waals surface area (Å²) in [4.78, 5) is 16.0. The summed E-state index contributed by atoms with van der Waals surface area (Å²) < 4.78 is 5.67. The lowest BCUT2D eigenvalue weighted by Crippen LogP contribution is -2.39. The lowest BCUT2D eigenvalue weighted by Gasteiger charge is -2.12. The van der Waals surface area contributed by atoms with Gasteiger partial charge < -0.3 is 20.7 Å². The smallest absolute Gasteiger partial charge is 0.222 e. The van der Waals surface area contributed by atoms with Gasteiger partial charge in [-0.3, -0.25) is 9.79 Å². The Morgan fingerprint density at radius 1 is 1.21 bits per heavy atom. The number of amides is 1. The molecule has 0 spiro atoms. The number of ether oxygens (including phenoxy) is 1. The zero-order valence-electron chi connectivity index (χ0n) is 15.2. The average molecular weight is 334 g/mol. The third kappa shape index (κ3) is 9.02. The number of carbonyl (C=O) groups excluding carboxylic acids is 1. The van der Waals surface area contributed by atoms with Crippen molar-refractivity contribution >= 4 is 11.9 Å². The van der Waals surface area contributed by atoms with E-state index in [-0.39, 0.29) is 11.9 Å². The molecule has 0 aliphatic carbocycles. The number of aliphatic imine (C=N–C) groups is 1. The number of guanidine groups is 1. The molecule has 0 atom stereocenters. The van der Waals surface area contributed by atoms with Crippen molar-refractivity contribution in [3.05, 3.63) is 29.8 Å². The Labute approximate surface area is 145 Å². The fourth-order valence-electron chi connectivity index (χ4n) is 1.98. The maximum atomic E-state index is 11.6. The minimum absolute atomic E-state index is 0.0207. The highest BCUT2D eigenvalue weighted by Gasteiger charge is 2.03. The van der Waals surface area contributed by atoms with Crippen LogP contribution in [0.5, 0.6) is 5.75 Å².